The number of carboxylic acids is 1. The summed E-state index contributed by atoms with van der Waals surface area (Å²) in [5.41, 5.74) is 0.0425. The number of carboxylic acid groups (broad SMARTS) is 1. The van der Waals surface area contributed by atoms with Crippen molar-refractivity contribution >= 4 is 11.7 Å². The van der Waals surface area contributed by atoms with E-state index in [9.17, 15) is 13.6 Å². The Bertz CT molecular complexity index is 429. The predicted molar refractivity (Wildman–Crippen MR) is 66.1 cm³/mol. The molecule has 0 heterocycles. The van der Waals surface area contributed by atoms with Crippen molar-refractivity contribution in [1.82, 2.24) is 0 Å². The molecular weight excluding hydrogens is 240 g/mol. The lowest BCUT2D eigenvalue weighted by Crippen LogP contribution is -2.27. The van der Waals surface area contributed by atoms with Gasteiger partial charge in [0, 0.05) is 19.2 Å². The summed E-state index contributed by atoms with van der Waals surface area (Å²) in [6.07, 6.45) is 1.61. The summed E-state index contributed by atoms with van der Waals surface area (Å²) in [7, 11) is 0. The minimum Gasteiger partial charge on any atom is -0.478 e. The number of halogens is 2. The van der Waals surface area contributed by atoms with Gasteiger partial charge in [-0.15, -0.1) is 0 Å². The van der Waals surface area contributed by atoms with Crippen LogP contribution in [0.4, 0.5) is 14.5 Å². The number of nitrogens with zero attached hydrogens (tertiary/aromatic N) is 1. The van der Waals surface area contributed by atoms with E-state index < -0.39 is 17.6 Å². The van der Waals surface area contributed by atoms with E-state index in [1.807, 2.05) is 13.8 Å². The highest BCUT2D eigenvalue weighted by Crippen LogP contribution is 2.24. The highest BCUT2D eigenvalue weighted by atomic mass is 19.2. The standard InChI is InChI=1S/C13H17F2NO2/c1-3-5-16(6-4-2)12-8-11(15)10(14)7-9(12)13(17)18/h7-8H,3-6H2,1-2H3,(H,17,18). The van der Waals surface area contributed by atoms with Crippen molar-refractivity contribution in [1.29, 1.82) is 0 Å². The summed E-state index contributed by atoms with van der Waals surface area (Å²) in [6, 6.07) is 1.70. The van der Waals surface area contributed by atoms with E-state index in [0.717, 1.165) is 25.0 Å². The van der Waals surface area contributed by atoms with Gasteiger partial charge in [0.05, 0.1) is 11.3 Å². The van der Waals surface area contributed by atoms with Crippen molar-refractivity contribution in [3.63, 3.8) is 0 Å². The monoisotopic (exact) mass is 257 g/mol. The highest BCUT2D eigenvalue weighted by Gasteiger charge is 2.19. The lowest BCUT2D eigenvalue weighted by atomic mass is 10.1. The second-order valence-corrected chi connectivity index (χ2v) is 4.08. The Labute approximate surface area is 105 Å². The SMILES string of the molecule is CCCN(CCC)c1cc(F)c(F)cc1C(=O)O. The number of carbonyl (C=O) groups is 1. The van der Waals surface area contributed by atoms with Crippen LogP contribution < -0.4 is 4.90 Å². The van der Waals surface area contributed by atoms with Crippen LogP contribution in [-0.4, -0.2) is 24.2 Å². The van der Waals surface area contributed by atoms with E-state index in [2.05, 4.69) is 0 Å². The summed E-state index contributed by atoms with van der Waals surface area (Å²) in [5.74, 6) is -3.41. The summed E-state index contributed by atoms with van der Waals surface area (Å²) in [4.78, 5) is 12.9. The van der Waals surface area contributed by atoms with Gasteiger partial charge in [0.15, 0.2) is 11.6 Å². The van der Waals surface area contributed by atoms with Crippen LogP contribution in [0.15, 0.2) is 12.1 Å². The maximum Gasteiger partial charge on any atom is 0.337 e. The number of hydrogen-bond acceptors (Lipinski definition) is 2. The summed E-state index contributed by atoms with van der Waals surface area (Å²) < 4.78 is 26.4. The molecule has 0 aliphatic carbocycles. The maximum absolute atomic E-state index is 13.3. The quantitative estimate of drug-likeness (QED) is 0.850. The molecular formula is C13H17F2NO2. The van der Waals surface area contributed by atoms with Gasteiger partial charge in [-0.2, -0.15) is 0 Å². The van der Waals surface area contributed by atoms with Gasteiger partial charge >= 0.3 is 5.97 Å². The Morgan fingerprint density at radius 3 is 2.11 bits per heavy atom. The van der Waals surface area contributed by atoms with Gasteiger partial charge in [0.1, 0.15) is 0 Å². The molecule has 0 saturated heterocycles. The molecule has 0 aliphatic heterocycles. The highest BCUT2D eigenvalue weighted by molar-refractivity contribution is 5.94. The predicted octanol–water partition coefficient (Wildman–Crippen LogP) is 3.29. The van der Waals surface area contributed by atoms with Gasteiger partial charge in [-0.25, -0.2) is 13.6 Å². The molecule has 1 rings (SSSR count). The Balaban J connectivity index is 3.25. The summed E-state index contributed by atoms with van der Waals surface area (Å²) in [5, 5.41) is 9.05. The zero-order valence-corrected chi connectivity index (χ0v) is 10.5. The molecule has 0 unspecified atom stereocenters. The van der Waals surface area contributed by atoms with Crippen LogP contribution in [0.3, 0.4) is 0 Å². The average molecular weight is 257 g/mol. The van der Waals surface area contributed by atoms with Crippen LogP contribution in [-0.2, 0) is 0 Å². The van der Waals surface area contributed by atoms with Crippen LogP contribution in [0.5, 0.6) is 0 Å². The van der Waals surface area contributed by atoms with E-state index >= 15 is 0 Å². The molecule has 0 radical (unpaired) electrons. The van der Waals surface area contributed by atoms with Gasteiger partial charge in [-0.3, -0.25) is 0 Å². The molecule has 0 atom stereocenters. The zero-order valence-electron chi connectivity index (χ0n) is 10.5. The topological polar surface area (TPSA) is 40.5 Å². The molecule has 0 amide bonds. The van der Waals surface area contributed by atoms with Crippen LogP contribution >= 0.6 is 0 Å². The fraction of sp³-hybridized carbons (Fsp3) is 0.462. The first-order valence-corrected chi connectivity index (χ1v) is 5.98. The third-order valence-corrected chi connectivity index (χ3v) is 2.60. The molecule has 1 aromatic rings. The molecule has 0 saturated carbocycles. The largest absolute Gasteiger partial charge is 0.478 e. The summed E-state index contributed by atoms with van der Waals surface area (Å²) in [6.45, 7) is 5.12. The third kappa shape index (κ3) is 3.18. The van der Waals surface area contributed by atoms with Crippen molar-refractivity contribution in [3.05, 3.63) is 29.3 Å². The minimum atomic E-state index is -1.25. The molecule has 1 N–H and O–H groups in total. The molecule has 5 heteroatoms. The number of hydrogen-bond donors (Lipinski definition) is 1. The smallest absolute Gasteiger partial charge is 0.337 e. The second-order valence-electron chi connectivity index (χ2n) is 4.08. The fourth-order valence-electron chi connectivity index (χ4n) is 1.86. The van der Waals surface area contributed by atoms with Gasteiger partial charge in [-0.1, -0.05) is 13.8 Å². The number of benzene rings is 1. The van der Waals surface area contributed by atoms with E-state index in [4.69, 9.17) is 5.11 Å². The molecule has 0 aliphatic rings. The van der Waals surface area contributed by atoms with E-state index in [1.165, 1.54) is 0 Å². The second kappa shape index (κ2) is 6.33. The molecule has 18 heavy (non-hydrogen) atoms. The molecule has 1 aromatic carbocycles. The van der Waals surface area contributed by atoms with Crippen LogP contribution in [0.2, 0.25) is 0 Å². The molecule has 0 aromatic heterocycles. The first-order chi connectivity index (χ1) is 8.51. The summed E-state index contributed by atoms with van der Waals surface area (Å²) >= 11 is 0. The van der Waals surface area contributed by atoms with Gasteiger partial charge < -0.3 is 10.0 Å². The van der Waals surface area contributed by atoms with Crippen molar-refractivity contribution in [2.45, 2.75) is 26.7 Å². The lowest BCUT2D eigenvalue weighted by molar-refractivity contribution is 0.0697. The van der Waals surface area contributed by atoms with E-state index in [-0.39, 0.29) is 11.3 Å². The van der Waals surface area contributed by atoms with E-state index in [0.29, 0.717) is 13.1 Å². The van der Waals surface area contributed by atoms with Crippen molar-refractivity contribution in [2.24, 2.45) is 0 Å². The van der Waals surface area contributed by atoms with Crippen molar-refractivity contribution < 1.29 is 18.7 Å². The molecule has 100 valence electrons. The maximum atomic E-state index is 13.3. The number of rotatable bonds is 6. The Hall–Kier alpha value is -1.65. The molecule has 0 bridgehead atoms. The molecule has 0 spiro atoms. The van der Waals surface area contributed by atoms with Crippen LogP contribution in [0.25, 0.3) is 0 Å². The fourth-order valence-corrected chi connectivity index (χ4v) is 1.86. The van der Waals surface area contributed by atoms with Crippen molar-refractivity contribution in [2.75, 3.05) is 18.0 Å². The average Bonchev–Trinajstić information content (AvgIpc) is 2.31. The third-order valence-electron chi connectivity index (χ3n) is 2.60. The minimum absolute atomic E-state index is 0.198. The van der Waals surface area contributed by atoms with Gasteiger partial charge in [0.25, 0.3) is 0 Å². The Morgan fingerprint density at radius 2 is 1.67 bits per heavy atom. The Morgan fingerprint density at radius 1 is 1.17 bits per heavy atom. The number of aromatic carboxylic acids is 1. The lowest BCUT2D eigenvalue weighted by Gasteiger charge is -2.25. The van der Waals surface area contributed by atoms with Gasteiger partial charge in [0.2, 0.25) is 0 Å². The normalized spacial score (nSPS) is 10.4. The number of anilines is 1. The molecule has 3 nitrogen and oxygen atoms in total. The Kier molecular flexibility index (Phi) is 5.07. The first kappa shape index (κ1) is 14.4. The van der Waals surface area contributed by atoms with E-state index in [1.54, 1.807) is 4.90 Å². The van der Waals surface area contributed by atoms with Crippen LogP contribution in [0, 0.1) is 11.6 Å². The van der Waals surface area contributed by atoms with Crippen molar-refractivity contribution in [3.8, 4) is 0 Å². The first-order valence-electron chi connectivity index (χ1n) is 5.98. The van der Waals surface area contributed by atoms with Gasteiger partial charge in [-0.05, 0) is 18.9 Å². The van der Waals surface area contributed by atoms with Crippen LogP contribution in [0.1, 0.15) is 37.0 Å². The molecule has 0 fully saturated rings. The zero-order chi connectivity index (χ0) is 13.7.